The maximum atomic E-state index is 12.6. The minimum Gasteiger partial charge on any atom is -0.484 e. The number of amides is 1. The molecule has 142 valence electrons. The van der Waals surface area contributed by atoms with E-state index in [0.29, 0.717) is 28.1 Å². The number of aromatic nitrogens is 2. The van der Waals surface area contributed by atoms with Gasteiger partial charge in [-0.15, -0.1) is 0 Å². The molecule has 0 spiro atoms. The molecule has 0 radical (unpaired) electrons. The van der Waals surface area contributed by atoms with Crippen molar-refractivity contribution in [3.8, 4) is 5.75 Å². The molecule has 0 N–H and O–H groups in total. The number of nitrogens with zero attached hydrogens (tertiary/aromatic N) is 3. The van der Waals surface area contributed by atoms with Crippen LogP contribution in [0.25, 0.3) is 0 Å². The Labute approximate surface area is 167 Å². The molecule has 0 bridgehead atoms. The first kappa shape index (κ1) is 19.3. The van der Waals surface area contributed by atoms with Gasteiger partial charge in [-0.1, -0.05) is 29.3 Å². The molecule has 8 heteroatoms. The first-order chi connectivity index (χ1) is 13.0. The van der Waals surface area contributed by atoms with Gasteiger partial charge in [0.05, 0.1) is 17.3 Å². The predicted octanol–water partition coefficient (Wildman–Crippen LogP) is 4.65. The van der Waals surface area contributed by atoms with Crippen molar-refractivity contribution in [3.05, 3.63) is 69.9 Å². The van der Waals surface area contributed by atoms with Crippen molar-refractivity contribution in [2.75, 3.05) is 7.05 Å². The fraction of sp³-hybridized carbons (Fsp3) is 0.263. The average Bonchev–Trinajstić information content (AvgIpc) is 3.31. The van der Waals surface area contributed by atoms with Gasteiger partial charge in [0.15, 0.2) is 5.76 Å². The minimum absolute atomic E-state index is 0.139. The highest BCUT2D eigenvalue weighted by Gasteiger charge is 2.18. The van der Waals surface area contributed by atoms with Crippen molar-refractivity contribution in [3.63, 3.8) is 0 Å². The summed E-state index contributed by atoms with van der Waals surface area (Å²) in [5, 5.41) is 4.97. The molecule has 0 saturated heterocycles. The molecule has 27 heavy (non-hydrogen) atoms. The third-order valence-corrected chi connectivity index (χ3v) is 4.81. The number of benzene rings is 1. The Morgan fingerprint density at radius 2 is 2.07 bits per heavy atom. The molecule has 0 atom stereocenters. The summed E-state index contributed by atoms with van der Waals surface area (Å²) in [4.78, 5) is 14.2. The average molecular weight is 408 g/mol. The molecule has 0 fully saturated rings. The van der Waals surface area contributed by atoms with Crippen molar-refractivity contribution < 1.29 is 13.9 Å². The monoisotopic (exact) mass is 407 g/mol. The normalized spacial score (nSPS) is 10.8. The lowest BCUT2D eigenvalue weighted by atomic mass is 10.3. The van der Waals surface area contributed by atoms with Crippen LogP contribution >= 0.6 is 23.2 Å². The SMILES string of the molecule is CCn1nccc1CN(C)C(=O)c1ccc(COc2cccc(Cl)c2Cl)o1. The highest BCUT2D eigenvalue weighted by Crippen LogP contribution is 2.32. The predicted molar refractivity (Wildman–Crippen MR) is 103 cm³/mol. The summed E-state index contributed by atoms with van der Waals surface area (Å²) >= 11 is 12.1. The summed E-state index contributed by atoms with van der Waals surface area (Å²) in [6.07, 6.45) is 1.72. The third kappa shape index (κ3) is 4.46. The summed E-state index contributed by atoms with van der Waals surface area (Å²) in [5.74, 6) is 1.00. The molecule has 0 unspecified atom stereocenters. The Bertz CT molecular complexity index is 936. The van der Waals surface area contributed by atoms with E-state index in [1.807, 2.05) is 17.7 Å². The summed E-state index contributed by atoms with van der Waals surface area (Å²) in [6.45, 7) is 3.33. The van der Waals surface area contributed by atoms with Crippen LogP contribution in [-0.2, 0) is 19.7 Å². The maximum absolute atomic E-state index is 12.6. The number of hydrogen-bond acceptors (Lipinski definition) is 4. The van der Waals surface area contributed by atoms with Crippen LogP contribution in [0.5, 0.6) is 5.75 Å². The van der Waals surface area contributed by atoms with Gasteiger partial charge in [-0.05, 0) is 37.3 Å². The second-order valence-corrected chi connectivity index (χ2v) is 6.69. The second kappa shape index (κ2) is 8.50. The van der Waals surface area contributed by atoms with Gasteiger partial charge >= 0.3 is 0 Å². The number of ether oxygens (including phenoxy) is 1. The maximum Gasteiger partial charge on any atom is 0.289 e. The van der Waals surface area contributed by atoms with E-state index in [9.17, 15) is 4.79 Å². The Hall–Kier alpha value is -2.44. The van der Waals surface area contributed by atoms with E-state index in [4.69, 9.17) is 32.4 Å². The van der Waals surface area contributed by atoms with Crippen LogP contribution in [0.1, 0.15) is 28.9 Å². The van der Waals surface area contributed by atoms with Gasteiger partial charge in [-0.3, -0.25) is 9.48 Å². The van der Waals surface area contributed by atoms with Crippen LogP contribution < -0.4 is 4.74 Å². The lowest BCUT2D eigenvalue weighted by Crippen LogP contribution is -2.27. The number of hydrogen-bond donors (Lipinski definition) is 0. The number of halogens is 2. The van der Waals surface area contributed by atoms with Crippen molar-refractivity contribution in [2.45, 2.75) is 26.6 Å². The molecule has 0 aliphatic heterocycles. The first-order valence-corrected chi connectivity index (χ1v) is 9.17. The highest BCUT2D eigenvalue weighted by molar-refractivity contribution is 6.42. The molecule has 3 rings (SSSR count). The fourth-order valence-electron chi connectivity index (χ4n) is 2.60. The summed E-state index contributed by atoms with van der Waals surface area (Å²) in [6, 6.07) is 10.4. The van der Waals surface area contributed by atoms with Gasteiger partial charge in [0, 0.05) is 19.8 Å². The van der Waals surface area contributed by atoms with Crippen LogP contribution in [0, 0.1) is 0 Å². The largest absolute Gasteiger partial charge is 0.484 e. The van der Waals surface area contributed by atoms with E-state index in [2.05, 4.69) is 5.10 Å². The van der Waals surface area contributed by atoms with Crippen LogP contribution in [0.4, 0.5) is 0 Å². The molecule has 2 heterocycles. The zero-order chi connectivity index (χ0) is 19.4. The quantitative estimate of drug-likeness (QED) is 0.571. The topological polar surface area (TPSA) is 60.5 Å². The molecular formula is C19H19Cl2N3O3. The summed E-state index contributed by atoms with van der Waals surface area (Å²) < 4.78 is 13.1. The van der Waals surface area contributed by atoms with Gasteiger partial charge < -0.3 is 14.1 Å². The molecule has 2 aromatic heterocycles. The van der Waals surface area contributed by atoms with E-state index in [1.165, 1.54) is 0 Å². The molecule has 0 aliphatic carbocycles. The van der Waals surface area contributed by atoms with Crippen LogP contribution in [-0.4, -0.2) is 27.6 Å². The fourth-order valence-corrected chi connectivity index (χ4v) is 2.94. The van der Waals surface area contributed by atoms with Gasteiger partial charge in [-0.25, -0.2) is 0 Å². The number of rotatable bonds is 7. The Kier molecular flexibility index (Phi) is 6.08. The van der Waals surface area contributed by atoms with Crippen LogP contribution in [0.2, 0.25) is 10.0 Å². The number of carbonyl (C=O) groups is 1. The molecule has 1 aromatic carbocycles. The molecule has 1 amide bonds. The molecular weight excluding hydrogens is 389 g/mol. The first-order valence-electron chi connectivity index (χ1n) is 8.41. The third-order valence-electron chi connectivity index (χ3n) is 4.01. The van der Waals surface area contributed by atoms with Crippen molar-refractivity contribution >= 4 is 29.1 Å². The second-order valence-electron chi connectivity index (χ2n) is 5.91. The van der Waals surface area contributed by atoms with E-state index in [1.54, 1.807) is 48.5 Å². The Balaban J connectivity index is 1.62. The van der Waals surface area contributed by atoms with E-state index in [-0.39, 0.29) is 18.3 Å². The smallest absolute Gasteiger partial charge is 0.289 e. The number of furan rings is 1. The van der Waals surface area contributed by atoms with Crippen LogP contribution in [0.15, 0.2) is 47.0 Å². The van der Waals surface area contributed by atoms with E-state index >= 15 is 0 Å². The van der Waals surface area contributed by atoms with Crippen molar-refractivity contribution in [1.82, 2.24) is 14.7 Å². The number of aryl methyl sites for hydroxylation is 1. The lowest BCUT2D eigenvalue weighted by molar-refractivity contribution is 0.0745. The van der Waals surface area contributed by atoms with Gasteiger partial charge in [0.25, 0.3) is 5.91 Å². The van der Waals surface area contributed by atoms with Crippen molar-refractivity contribution in [1.29, 1.82) is 0 Å². The van der Waals surface area contributed by atoms with E-state index < -0.39 is 0 Å². The molecule has 0 saturated carbocycles. The van der Waals surface area contributed by atoms with Crippen molar-refractivity contribution in [2.24, 2.45) is 0 Å². The number of carbonyl (C=O) groups excluding carboxylic acids is 1. The van der Waals surface area contributed by atoms with Gasteiger partial charge in [-0.2, -0.15) is 5.10 Å². The molecule has 6 nitrogen and oxygen atoms in total. The molecule has 0 aliphatic rings. The minimum atomic E-state index is -0.217. The lowest BCUT2D eigenvalue weighted by Gasteiger charge is -2.16. The Morgan fingerprint density at radius 1 is 1.26 bits per heavy atom. The van der Waals surface area contributed by atoms with Gasteiger partial charge in [0.1, 0.15) is 23.1 Å². The highest BCUT2D eigenvalue weighted by atomic mass is 35.5. The van der Waals surface area contributed by atoms with Gasteiger partial charge in [0.2, 0.25) is 0 Å². The molecule has 3 aromatic rings. The zero-order valence-electron chi connectivity index (χ0n) is 15.0. The Morgan fingerprint density at radius 3 is 2.85 bits per heavy atom. The van der Waals surface area contributed by atoms with Crippen LogP contribution in [0.3, 0.4) is 0 Å². The zero-order valence-corrected chi connectivity index (χ0v) is 16.5. The summed E-state index contributed by atoms with van der Waals surface area (Å²) in [5.41, 5.74) is 0.957. The summed E-state index contributed by atoms with van der Waals surface area (Å²) in [7, 11) is 1.72. The standard InChI is InChI=1S/C19H19Cl2N3O3/c1-3-24-13(9-10-22-24)11-23(2)19(25)17-8-7-14(27-17)12-26-16-6-4-5-15(20)18(16)21/h4-10H,3,11-12H2,1-2H3. The van der Waals surface area contributed by atoms with E-state index in [0.717, 1.165) is 12.2 Å².